The normalized spacial score (nSPS) is 16.8. The average Bonchev–Trinajstić information content (AvgIpc) is 3.18. The molecule has 1 atom stereocenters. The molecule has 0 aromatic carbocycles. The van der Waals surface area contributed by atoms with Gasteiger partial charge in [0, 0.05) is 32.4 Å². The van der Waals surface area contributed by atoms with Crippen LogP contribution in [0, 0.1) is 5.41 Å². The molecule has 28 heavy (non-hydrogen) atoms. The third-order valence-corrected chi connectivity index (χ3v) is 4.84. The van der Waals surface area contributed by atoms with E-state index in [0.717, 1.165) is 17.8 Å². The highest BCUT2D eigenvalue weighted by Gasteiger charge is 2.35. The van der Waals surface area contributed by atoms with Crippen molar-refractivity contribution in [3.8, 4) is 0 Å². The first-order valence-electron chi connectivity index (χ1n) is 9.46. The van der Waals surface area contributed by atoms with Crippen LogP contribution in [0.25, 0.3) is 0 Å². The summed E-state index contributed by atoms with van der Waals surface area (Å²) in [5.74, 6) is -0.549. The molecule has 7 heteroatoms. The number of carbonyl (C=O) groups is 2. The van der Waals surface area contributed by atoms with E-state index in [9.17, 15) is 9.59 Å². The highest BCUT2D eigenvalue weighted by atomic mass is 16.3. The van der Waals surface area contributed by atoms with Crippen LogP contribution in [-0.4, -0.2) is 60.3 Å². The molecule has 3 heterocycles. The lowest BCUT2D eigenvalue weighted by Crippen LogP contribution is -2.46. The van der Waals surface area contributed by atoms with Gasteiger partial charge in [0.1, 0.15) is 0 Å². The molecule has 0 saturated heterocycles. The third-order valence-electron chi connectivity index (χ3n) is 4.84. The molecule has 0 bridgehead atoms. The zero-order valence-electron chi connectivity index (χ0n) is 16.9. The fraction of sp³-hybridized carbons (Fsp3) is 0.476. The number of carbonyl (C=O) groups excluding carboxylic acids is 2. The van der Waals surface area contributed by atoms with Crippen molar-refractivity contribution in [1.29, 1.82) is 0 Å². The summed E-state index contributed by atoms with van der Waals surface area (Å²) >= 11 is 0. The van der Waals surface area contributed by atoms with Gasteiger partial charge >= 0.3 is 0 Å². The Balaban J connectivity index is 1.77. The lowest BCUT2D eigenvalue weighted by molar-refractivity contribution is -0.123. The first-order valence-corrected chi connectivity index (χ1v) is 9.46. The molecule has 0 spiro atoms. The highest BCUT2D eigenvalue weighted by Crippen LogP contribution is 2.28. The van der Waals surface area contributed by atoms with Crippen molar-refractivity contribution in [2.45, 2.75) is 26.3 Å². The standard InChI is InChI=1S/C21H28N4O3/c1-21(2,14-24(3)4)13-23-19(26)16-12-25(20(27)17-8-6-10-28-17)11-15-7-5-9-22-18(15)16/h5-10,16H,11-14H2,1-4H3,(H,23,26). The largest absolute Gasteiger partial charge is 0.459 e. The van der Waals surface area contributed by atoms with Crippen LogP contribution in [0.15, 0.2) is 41.1 Å². The van der Waals surface area contributed by atoms with Crippen LogP contribution in [0.1, 0.15) is 41.6 Å². The van der Waals surface area contributed by atoms with E-state index < -0.39 is 5.92 Å². The van der Waals surface area contributed by atoms with E-state index in [4.69, 9.17) is 4.42 Å². The van der Waals surface area contributed by atoms with Gasteiger partial charge in [-0.15, -0.1) is 0 Å². The van der Waals surface area contributed by atoms with E-state index >= 15 is 0 Å². The van der Waals surface area contributed by atoms with Crippen LogP contribution in [0.2, 0.25) is 0 Å². The van der Waals surface area contributed by atoms with E-state index in [0.29, 0.717) is 13.1 Å². The summed E-state index contributed by atoms with van der Waals surface area (Å²) in [6.07, 6.45) is 3.17. The summed E-state index contributed by atoms with van der Waals surface area (Å²) in [6, 6.07) is 7.07. The van der Waals surface area contributed by atoms with E-state index in [1.807, 2.05) is 26.2 Å². The second-order valence-electron chi connectivity index (χ2n) is 8.38. The minimum atomic E-state index is -0.501. The van der Waals surface area contributed by atoms with E-state index in [2.05, 4.69) is 29.0 Å². The lowest BCUT2D eigenvalue weighted by Gasteiger charge is -2.34. The van der Waals surface area contributed by atoms with E-state index in [1.54, 1.807) is 23.2 Å². The smallest absolute Gasteiger partial charge is 0.289 e. The number of nitrogens with one attached hydrogen (secondary N) is 1. The van der Waals surface area contributed by atoms with Crippen LogP contribution < -0.4 is 5.32 Å². The Labute approximate surface area is 165 Å². The molecule has 0 aliphatic carbocycles. The first-order chi connectivity index (χ1) is 13.3. The molecule has 7 nitrogen and oxygen atoms in total. The topological polar surface area (TPSA) is 78.7 Å². The molecule has 3 rings (SSSR count). The second-order valence-corrected chi connectivity index (χ2v) is 8.38. The molecule has 0 fully saturated rings. The first kappa shape index (κ1) is 20.1. The summed E-state index contributed by atoms with van der Waals surface area (Å²) in [4.78, 5) is 34.0. The summed E-state index contributed by atoms with van der Waals surface area (Å²) in [6.45, 7) is 6.34. The monoisotopic (exact) mass is 384 g/mol. The molecular formula is C21H28N4O3. The predicted octanol–water partition coefficient (Wildman–Crippen LogP) is 2.12. The number of amides is 2. The quantitative estimate of drug-likeness (QED) is 0.825. The molecule has 1 N–H and O–H groups in total. The Kier molecular flexibility index (Phi) is 5.84. The molecular weight excluding hydrogens is 356 g/mol. The van der Waals surface area contributed by atoms with Gasteiger partial charge in [0.2, 0.25) is 5.91 Å². The van der Waals surface area contributed by atoms with Gasteiger partial charge in [0.15, 0.2) is 5.76 Å². The number of hydrogen-bond acceptors (Lipinski definition) is 5. The summed E-state index contributed by atoms with van der Waals surface area (Å²) in [7, 11) is 4.03. The van der Waals surface area contributed by atoms with Gasteiger partial charge in [0.05, 0.1) is 17.9 Å². The molecule has 2 aromatic rings. The number of hydrogen-bond donors (Lipinski definition) is 1. The van der Waals surface area contributed by atoms with Gasteiger partial charge in [0.25, 0.3) is 5.91 Å². The third kappa shape index (κ3) is 4.59. The van der Waals surface area contributed by atoms with Crippen molar-refractivity contribution in [3.05, 3.63) is 53.7 Å². The summed E-state index contributed by atoms with van der Waals surface area (Å²) < 4.78 is 5.25. The Morgan fingerprint density at radius 2 is 2.11 bits per heavy atom. The Bertz CT molecular complexity index is 830. The molecule has 1 aliphatic rings. The fourth-order valence-electron chi connectivity index (χ4n) is 3.75. The van der Waals surface area contributed by atoms with Crippen molar-refractivity contribution in [2.75, 3.05) is 33.7 Å². The van der Waals surface area contributed by atoms with Crippen LogP contribution in [0.4, 0.5) is 0 Å². The van der Waals surface area contributed by atoms with Gasteiger partial charge in [-0.2, -0.15) is 0 Å². The predicted molar refractivity (Wildman–Crippen MR) is 106 cm³/mol. The number of furan rings is 1. The van der Waals surface area contributed by atoms with Crippen molar-refractivity contribution in [3.63, 3.8) is 0 Å². The summed E-state index contributed by atoms with van der Waals surface area (Å²) in [5.41, 5.74) is 1.57. The number of fused-ring (bicyclic) bond motifs is 1. The summed E-state index contributed by atoms with van der Waals surface area (Å²) in [5, 5.41) is 3.07. The van der Waals surface area contributed by atoms with E-state index in [1.165, 1.54) is 6.26 Å². The molecule has 0 saturated carbocycles. The van der Waals surface area contributed by atoms with Gasteiger partial charge in [-0.1, -0.05) is 19.9 Å². The number of aromatic nitrogens is 1. The number of rotatable bonds is 6. The van der Waals surface area contributed by atoms with Crippen LogP contribution >= 0.6 is 0 Å². The van der Waals surface area contributed by atoms with Crippen molar-refractivity contribution in [1.82, 2.24) is 20.1 Å². The van der Waals surface area contributed by atoms with Crippen molar-refractivity contribution < 1.29 is 14.0 Å². The fourth-order valence-corrected chi connectivity index (χ4v) is 3.75. The van der Waals surface area contributed by atoms with Gasteiger partial charge in [-0.05, 0) is 43.3 Å². The molecule has 1 unspecified atom stereocenters. The van der Waals surface area contributed by atoms with Crippen LogP contribution in [0.5, 0.6) is 0 Å². The maximum atomic E-state index is 13.0. The molecule has 0 radical (unpaired) electrons. The lowest BCUT2D eigenvalue weighted by atomic mass is 9.91. The average molecular weight is 384 g/mol. The highest BCUT2D eigenvalue weighted by molar-refractivity contribution is 5.93. The second kappa shape index (κ2) is 8.14. The van der Waals surface area contributed by atoms with Crippen LogP contribution in [-0.2, 0) is 11.3 Å². The molecule has 2 amide bonds. The van der Waals surface area contributed by atoms with Gasteiger partial charge in [-0.25, -0.2) is 0 Å². The maximum absolute atomic E-state index is 13.0. The molecule has 2 aromatic heterocycles. The molecule has 150 valence electrons. The van der Waals surface area contributed by atoms with Gasteiger partial charge < -0.3 is 19.5 Å². The van der Waals surface area contributed by atoms with Crippen molar-refractivity contribution >= 4 is 11.8 Å². The van der Waals surface area contributed by atoms with Crippen LogP contribution in [0.3, 0.4) is 0 Å². The molecule has 1 aliphatic heterocycles. The maximum Gasteiger partial charge on any atom is 0.289 e. The minimum Gasteiger partial charge on any atom is -0.459 e. The Morgan fingerprint density at radius 1 is 1.32 bits per heavy atom. The van der Waals surface area contributed by atoms with Crippen molar-refractivity contribution in [2.24, 2.45) is 5.41 Å². The van der Waals surface area contributed by atoms with E-state index in [-0.39, 0.29) is 29.5 Å². The Hall–Kier alpha value is -2.67. The van der Waals surface area contributed by atoms with Gasteiger partial charge in [-0.3, -0.25) is 14.6 Å². The number of nitrogens with zero attached hydrogens (tertiary/aromatic N) is 3. The number of pyridine rings is 1. The SMILES string of the molecule is CN(C)CC(C)(C)CNC(=O)C1CN(C(=O)c2ccco2)Cc2cccnc21. The zero-order valence-corrected chi connectivity index (χ0v) is 16.9. The zero-order chi connectivity index (χ0) is 20.3. The Morgan fingerprint density at radius 3 is 2.79 bits per heavy atom. The minimum absolute atomic E-state index is 0.0650.